The van der Waals surface area contributed by atoms with Crippen LogP contribution in [0.1, 0.15) is 12.5 Å². The van der Waals surface area contributed by atoms with Crippen molar-refractivity contribution in [1.82, 2.24) is 10.2 Å². The molecule has 2 aromatic heterocycles. The summed E-state index contributed by atoms with van der Waals surface area (Å²) in [6.45, 7) is 2.52. The maximum absolute atomic E-state index is 12.0. The summed E-state index contributed by atoms with van der Waals surface area (Å²) in [5.74, 6) is 1.13. The Morgan fingerprint density at radius 3 is 2.62 bits per heavy atom. The standard InChI is InChI=1S/C16H14BrN3O4/c1-2-22-11-5-3-10(4-6-11)9-14(21)18-16-20-19-15(24-16)12-7-8-13(17)23-12/h3-8H,2,9H2,1H3,(H,18,20,21). The quantitative estimate of drug-likeness (QED) is 0.689. The van der Waals surface area contributed by atoms with Crippen molar-refractivity contribution >= 4 is 27.9 Å². The maximum Gasteiger partial charge on any atom is 0.322 e. The van der Waals surface area contributed by atoms with Gasteiger partial charge in [-0.15, -0.1) is 5.10 Å². The van der Waals surface area contributed by atoms with Gasteiger partial charge in [-0.1, -0.05) is 17.2 Å². The zero-order valence-electron chi connectivity index (χ0n) is 12.8. The van der Waals surface area contributed by atoms with Crippen LogP contribution in [0.3, 0.4) is 0 Å². The molecular formula is C16H14BrN3O4. The van der Waals surface area contributed by atoms with E-state index in [1.54, 1.807) is 12.1 Å². The van der Waals surface area contributed by atoms with Crippen molar-refractivity contribution in [3.8, 4) is 17.4 Å². The first-order chi connectivity index (χ1) is 11.6. The molecule has 0 unspecified atom stereocenters. The van der Waals surface area contributed by atoms with Crippen molar-refractivity contribution in [2.24, 2.45) is 0 Å². The largest absolute Gasteiger partial charge is 0.494 e. The van der Waals surface area contributed by atoms with Crippen LogP contribution in [0.2, 0.25) is 0 Å². The molecule has 8 heteroatoms. The predicted octanol–water partition coefficient (Wildman–Crippen LogP) is 3.67. The van der Waals surface area contributed by atoms with E-state index in [-0.39, 0.29) is 24.2 Å². The molecule has 0 atom stereocenters. The van der Waals surface area contributed by atoms with E-state index >= 15 is 0 Å². The highest BCUT2D eigenvalue weighted by Crippen LogP contribution is 2.24. The topological polar surface area (TPSA) is 90.4 Å². The van der Waals surface area contributed by atoms with Crippen molar-refractivity contribution in [2.75, 3.05) is 11.9 Å². The monoisotopic (exact) mass is 391 g/mol. The number of nitrogens with zero attached hydrogens (tertiary/aromatic N) is 2. The summed E-state index contributed by atoms with van der Waals surface area (Å²) >= 11 is 3.19. The van der Waals surface area contributed by atoms with Crippen LogP contribution in [-0.2, 0) is 11.2 Å². The Kier molecular flexibility index (Phi) is 4.95. The van der Waals surface area contributed by atoms with Gasteiger partial charge in [0, 0.05) is 0 Å². The molecule has 1 amide bonds. The average molecular weight is 392 g/mol. The van der Waals surface area contributed by atoms with Crippen molar-refractivity contribution < 1.29 is 18.4 Å². The lowest BCUT2D eigenvalue weighted by Crippen LogP contribution is -2.14. The van der Waals surface area contributed by atoms with Gasteiger partial charge in [0.05, 0.1) is 13.0 Å². The van der Waals surface area contributed by atoms with E-state index in [1.807, 2.05) is 31.2 Å². The van der Waals surface area contributed by atoms with E-state index in [1.165, 1.54) is 0 Å². The van der Waals surface area contributed by atoms with Crippen LogP contribution in [0.25, 0.3) is 11.7 Å². The van der Waals surface area contributed by atoms with Gasteiger partial charge in [-0.3, -0.25) is 10.1 Å². The first-order valence-electron chi connectivity index (χ1n) is 7.25. The molecule has 1 aromatic carbocycles. The molecule has 0 spiro atoms. The number of aromatic nitrogens is 2. The Morgan fingerprint density at radius 2 is 1.96 bits per heavy atom. The van der Waals surface area contributed by atoms with E-state index in [0.29, 0.717) is 17.0 Å². The summed E-state index contributed by atoms with van der Waals surface area (Å²) in [5, 5.41) is 10.2. The Morgan fingerprint density at radius 1 is 1.17 bits per heavy atom. The fourth-order valence-electron chi connectivity index (χ4n) is 2.02. The second-order valence-electron chi connectivity index (χ2n) is 4.82. The second-order valence-corrected chi connectivity index (χ2v) is 5.60. The number of anilines is 1. The van der Waals surface area contributed by atoms with Crippen molar-refractivity contribution in [3.05, 3.63) is 46.6 Å². The third-order valence-corrected chi connectivity index (χ3v) is 3.48. The summed E-state index contributed by atoms with van der Waals surface area (Å²) in [7, 11) is 0. The maximum atomic E-state index is 12.0. The number of hydrogen-bond acceptors (Lipinski definition) is 6. The van der Waals surface area contributed by atoms with Crippen LogP contribution in [-0.4, -0.2) is 22.7 Å². The normalized spacial score (nSPS) is 10.6. The molecule has 2 heterocycles. The number of amides is 1. The Balaban J connectivity index is 1.59. The van der Waals surface area contributed by atoms with Gasteiger partial charge in [0.15, 0.2) is 10.4 Å². The minimum Gasteiger partial charge on any atom is -0.494 e. The van der Waals surface area contributed by atoms with Gasteiger partial charge in [-0.05, 0) is 52.7 Å². The summed E-state index contributed by atoms with van der Waals surface area (Å²) in [6.07, 6.45) is 0.191. The average Bonchev–Trinajstić information content (AvgIpc) is 3.18. The van der Waals surface area contributed by atoms with Crippen LogP contribution >= 0.6 is 15.9 Å². The predicted molar refractivity (Wildman–Crippen MR) is 89.6 cm³/mol. The first kappa shape index (κ1) is 16.3. The SMILES string of the molecule is CCOc1ccc(CC(=O)Nc2nnc(-c3ccc(Br)o3)o2)cc1. The van der Waals surface area contributed by atoms with Crippen LogP contribution < -0.4 is 10.1 Å². The lowest BCUT2D eigenvalue weighted by molar-refractivity contribution is -0.115. The van der Waals surface area contributed by atoms with Crippen molar-refractivity contribution in [3.63, 3.8) is 0 Å². The van der Waals surface area contributed by atoms with Gasteiger partial charge < -0.3 is 13.6 Å². The molecule has 3 rings (SSSR count). The molecule has 0 radical (unpaired) electrons. The highest BCUT2D eigenvalue weighted by Gasteiger charge is 2.14. The molecule has 0 aliphatic carbocycles. The third-order valence-electron chi connectivity index (χ3n) is 3.05. The smallest absolute Gasteiger partial charge is 0.322 e. The molecule has 0 fully saturated rings. The van der Waals surface area contributed by atoms with Gasteiger partial charge in [0.1, 0.15) is 5.75 Å². The fraction of sp³-hybridized carbons (Fsp3) is 0.188. The summed E-state index contributed by atoms with van der Waals surface area (Å²) in [5.41, 5.74) is 0.852. The highest BCUT2D eigenvalue weighted by atomic mass is 79.9. The first-order valence-corrected chi connectivity index (χ1v) is 8.04. The van der Waals surface area contributed by atoms with E-state index in [4.69, 9.17) is 13.6 Å². The van der Waals surface area contributed by atoms with Crippen LogP contribution in [0, 0.1) is 0 Å². The Bertz CT molecular complexity index is 826. The molecule has 3 aromatic rings. The molecule has 124 valence electrons. The third kappa shape index (κ3) is 4.02. The van der Waals surface area contributed by atoms with Gasteiger partial charge in [0.2, 0.25) is 5.91 Å². The lowest BCUT2D eigenvalue weighted by Gasteiger charge is -2.04. The van der Waals surface area contributed by atoms with Gasteiger partial charge in [0.25, 0.3) is 5.89 Å². The Labute approximate surface area is 146 Å². The van der Waals surface area contributed by atoms with Crippen molar-refractivity contribution in [2.45, 2.75) is 13.3 Å². The molecule has 0 aliphatic rings. The lowest BCUT2D eigenvalue weighted by atomic mass is 10.1. The van der Waals surface area contributed by atoms with Crippen LogP contribution in [0.4, 0.5) is 6.01 Å². The van der Waals surface area contributed by atoms with E-state index < -0.39 is 0 Å². The van der Waals surface area contributed by atoms with E-state index in [2.05, 4.69) is 31.4 Å². The molecular weight excluding hydrogens is 378 g/mol. The fourth-order valence-corrected chi connectivity index (χ4v) is 2.33. The molecule has 0 saturated heterocycles. The van der Waals surface area contributed by atoms with Gasteiger partial charge in [-0.25, -0.2) is 0 Å². The summed E-state index contributed by atoms with van der Waals surface area (Å²) in [6, 6.07) is 10.7. The van der Waals surface area contributed by atoms with Gasteiger partial charge >= 0.3 is 6.01 Å². The van der Waals surface area contributed by atoms with Gasteiger partial charge in [-0.2, -0.15) is 0 Å². The number of hydrogen-bond donors (Lipinski definition) is 1. The number of nitrogens with one attached hydrogen (secondary N) is 1. The van der Waals surface area contributed by atoms with Crippen molar-refractivity contribution in [1.29, 1.82) is 0 Å². The minimum absolute atomic E-state index is 0.0217. The second kappa shape index (κ2) is 7.31. The number of carbonyl (C=O) groups is 1. The van der Waals surface area contributed by atoms with E-state index in [9.17, 15) is 4.79 Å². The zero-order valence-corrected chi connectivity index (χ0v) is 14.4. The van der Waals surface area contributed by atoms with Crippen LogP contribution in [0.5, 0.6) is 5.75 Å². The summed E-state index contributed by atoms with van der Waals surface area (Å²) in [4.78, 5) is 12.0. The molecule has 7 nitrogen and oxygen atoms in total. The molecule has 0 saturated carbocycles. The number of halogens is 1. The minimum atomic E-state index is -0.255. The molecule has 1 N–H and O–H groups in total. The number of carbonyl (C=O) groups excluding carboxylic acids is 1. The zero-order chi connectivity index (χ0) is 16.9. The van der Waals surface area contributed by atoms with Crippen LogP contribution in [0.15, 0.2) is 49.9 Å². The molecule has 24 heavy (non-hydrogen) atoms. The Hall–Kier alpha value is -2.61. The summed E-state index contributed by atoms with van der Waals surface area (Å²) < 4.78 is 16.6. The number of furan rings is 1. The highest BCUT2D eigenvalue weighted by molar-refractivity contribution is 9.10. The molecule has 0 aliphatic heterocycles. The number of benzene rings is 1. The van der Waals surface area contributed by atoms with E-state index in [0.717, 1.165) is 11.3 Å². The molecule has 0 bridgehead atoms. The number of ether oxygens (including phenoxy) is 1. The number of rotatable bonds is 6.